The van der Waals surface area contributed by atoms with Crippen LogP contribution in [0.3, 0.4) is 0 Å². The minimum Gasteiger partial charge on any atom is -0.374 e. The SMILES string of the molecule is CC#CC1(NC(=O)C(=O)c2c(C)c(C(=O)Nc3ccc(C)c(C#N)c3)n(C)c2C)COC1. The van der Waals surface area contributed by atoms with Crippen molar-refractivity contribution in [2.75, 3.05) is 18.5 Å². The molecule has 164 valence electrons. The molecule has 1 aliphatic rings. The molecule has 8 nitrogen and oxygen atoms in total. The lowest BCUT2D eigenvalue weighted by molar-refractivity contribution is -0.124. The number of carbonyl (C=O) groups is 3. The first-order valence-electron chi connectivity index (χ1n) is 10.0. The van der Waals surface area contributed by atoms with Crippen LogP contribution >= 0.6 is 0 Å². The minimum absolute atomic E-state index is 0.177. The third kappa shape index (κ3) is 4.01. The number of carbonyl (C=O) groups excluding carboxylic acids is 3. The van der Waals surface area contributed by atoms with Crippen LogP contribution in [0.1, 0.15) is 50.2 Å². The van der Waals surface area contributed by atoms with Gasteiger partial charge < -0.3 is 19.9 Å². The van der Waals surface area contributed by atoms with Gasteiger partial charge in [-0.2, -0.15) is 5.26 Å². The molecule has 1 fully saturated rings. The second-order valence-corrected chi connectivity index (χ2v) is 7.82. The predicted molar refractivity (Wildman–Crippen MR) is 118 cm³/mol. The Morgan fingerprint density at radius 1 is 1.19 bits per heavy atom. The van der Waals surface area contributed by atoms with Crippen LogP contribution in [-0.4, -0.2) is 40.9 Å². The van der Waals surface area contributed by atoms with Gasteiger partial charge in [0.25, 0.3) is 17.6 Å². The average molecular weight is 432 g/mol. The fourth-order valence-electron chi connectivity index (χ4n) is 3.75. The third-order valence-corrected chi connectivity index (χ3v) is 5.61. The van der Waals surface area contributed by atoms with E-state index >= 15 is 0 Å². The van der Waals surface area contributed by atoms with Crippen molar-refractivity contribution in [2.24, 2.45) is 7.05 Å². The minimum atomic E-state index is -0.859. The Balaban J connectivity index is 1.88. The Morgan fingerprint density at radius 3 is 2.44 bits per heavy atom. The lowest BCUT2D eigenvalue weighted by Gasteiger charge is -2.37. The number of aryl methyl sites for hydroxylation is 1. The number of aromatic nitrogens is 1. The first-order valence-corrected chi connectivity index (χ1v) is 10.0. The Kier molecular flexibility index (Phi) is 6.20. The summed E-state index contributed by atoms with van der Waals surface area (Å²) in [5, 5.41) is 14.7. The lowest BCUT2D eigenvalue weighted by Crippen LogP contribution is -2.62. The molecule has 0 aliphatic carbocycles. The zero-order chi connectivity index (χ0) is 23.6. The summed E-state index contributed by atoms with van der Waals surface area (Å²) in [5.41, 5.74) is 2.19. The zero-order valence-electron chi connectivity index (χ0n) is 18.7. The van der Waals surface area contributed by atoms with Crippen molar-refractivity contribution in [3.8, 4) is 17.9 Å². The zero-order valence-corrected chi connectivity index (χ0v) is 18.7. The highest BCUT2D eigenvalue weighted by molar-refractivity contribution is 6.44. The number of benzene rings is 1. The van der Waals surface area contributed by atoms with Gasteiger partial charge in [-0.05, 0) is 51.0 Å². The molecule has 0 saturated carbocycles. The van der Waals surface area contributed by atoms with Crippen LogP contribution in [0.25, 0.3) is 0 Å². The van der Waals surface area contributed by atoms with E-state index in [-0.39, 0.29) is 24.5 Å². The van der Waals surface area contributed by atoms with Gasteiger partial charge in [0.2, 0.25) is 0 Å². The standard InChI is InChI=1S/C24H24N4O4/c1-6-9-24(12-32-13-24)27-23(31)21(29)19-15(3)20(28(5)16(19)4)22(30)26-18-8-7-14(2)17(10-18)11-25/h7-8,10H,12-13H2,1-5H3,(H,26,30)(H,27,31). The van der Waals surface area contributed by atoms with Gasteiger partial charge in [0.05, 0.1) is 30.4 Å². The molecule has 3 rings (SSSR count). The predicted octanol–water partition coefficient (Wildman–Crippen LogP) is 2.17. The van der Waals surface area contributed by atoms with E-state index in [1.54, 1.807) is 50.6 Å². The first kappa shape index (κ1) is 22.8. The second-order valence-electron chi connectivity index (χ2n) is 7.82. The first-order chi connectivity index (χ1) is 15.1. The molecule has 1 aromatic heterocycles. The molecule has 0 atom stereocenters. The Morgan fingerprint density at radius 2 is 1.88 bits per heavy atom. The maximum atomic E-state index is 13.0. The fraction of sp³-hybridized carbons (Fsp3) is 0.333. The van der Waals surface area contributed by atoms with E-state index in [9.17, 15) is 19.6 Å². The van der Waals surface area contributed by atoms with E-state index in [0.717, 1.165) is 5.56 Å². The number of ether oxygens (including phenoxy) is 1. The van der Waals surface area contributed by atoms with Gasteiger partial charge in [-0.1, -0.05) is 12.0 Å². The van der Waals surface area contributed by atoms with Crippen LogP contribution in [0, 0.1) is 43.9 Å². The van der Waals surface area contributed by atoms with Gasteiger partial charge in [0.15, 0.2) is 0 Å². The van der Waals surface area contributed by atoms with Crippen molar-refractivity contribution in [1.82, 2.24) is 9.88 Å². The Bertz CT molecular complexity index is 1230. The number of hydrogen-bond donors (Lipinski definition) is 2. The van der Waals surface area contributed by atoms with Crippen LogP contribution in [-0.2, 0) is 16.6 Å². The molecule has 0 radical (unpaired) electrons. The molecule has 8 heteroatoms. The normalized spacial score (nSPS) is 13.8. The molecule has 32 heavy (non-hydrogen) atoms. The van der Waals surface area contributed by atoms with Crippen molar-refractivity contribution in [3.63, 3.8) is 0 Å². The summed E-state index contributed by atoms with van der Waals surface area (Å²) in [7, 11) is 1.66. The molecule has 2 heterocycles. The topological polar surface area (TPSA) is 113 Å². The number of Topliss-reactive ketones (excluding diaryl/α,β-unsaturated/α-hetero) is 1. The summed E-state index contributed by atoms with van der Waals surface area (Å²) >= 11 is 0. The van der Waals surface area contributed by atoms with Crippen LogP contribution in [0.2, 0.25) is 0 Å². The lowest BCUT2D eigenvalue weighted by atomic mass is 9.97. The number of ketones is 1. The maximum Gasteiger partial charge on any atom is 0.293 e. The van der Waals surface area contributed by atoms with Crippen LogP contribution < -0.4 is 10.6 Å². The molecule has 0 bridgehead atoms. The number of hydrogen-bond acceptors (Lipinski definition) is 5. The molecule has 1 aliphatic heterocycles. The number of amides is 2. The summed E-state index contributed by atoms with van der Waals surface area (Å²) in [6.07, 6.45) is 0. The van der Waals surface area contributed by atoms with Crippen molar-refractivity contribution >= 4 is 23.3 Å². The third-order valence-electron chi connectivity index (χ3n) is 5.61. The van der Waals surface area contributed by atoms with E-state index in [1.165, 1.54) is 0 Å². The average Bonchev–Trinajstić information content (AvgIpc) is 2.95. The Hall–Kier alpha value is -3.88. The van der Waals surface area contributed by atoms with E-state index in [1.807, 2.05) is 6.92 Å². The van der Waals surface area contributed by atoms with Gasteiger partial charge in [0.1, 0.15) is 11.2 Å². The molecule has 2 aromatic rings. The highest BCUT2D eigenvalue weighted by atomic mass is 16.5. The van der Waals surface area contributed by atoms with E-state index in [0.29, 0.717) is 22.5 Å². The monoisotopic (exact) mass is 432 g/mol. The van der Waals surface area contributed by atoms with Crippen molar-refractivity contribution in [3.05, 3.63) is 51.8 Å². The second kappa shape index (κ2) is 8.70. The summed E-state index contributed by atoms with van der Waals surface area (Å²) in [6.45, 7) is 7.20. The number of nitrogens with one attached hydrogen (secondary N) is 2. The van der Waals surface area contributed by atoms with Gasteiger partial charge in [0, 0.05) is 18.4 Å². The fourth-order valence-corrected chi connectivity index (χ4v) is 3.75. The quantitative estimate of drug-likeness (QED) is 0.427. The molecular weight excluding hydrogens is 408 g/mol. The highest BCUT2D eigenvalue weighted by Gasteiger charge is 2.40. The van der Waals surface area contributed by atoms with E-state index in [4.69, 9.17) is 4.74 Å². The number of nitrogens with zero attached hydrogens (tertiary/aromatic N) is 2. The number of rotatable bonds is 5. The number of anilines is 1. The van der Waals surface area contributed by atoms with Crippen LogP contribution in [0.5, 0.6) is 0 Å². The van der Waals surface area contributed by atoms with E-state index < -0.39 is 23.1 Å². The summed E-state index contributed by atoms with van der Waals surface area (Å²) in [4.78, 5) is 38.7. The van der Waals surface area contributed by atoms with E-state index in [2.05, 4.69) is 28.5 Å². The largest absolute Gasteiger partial charge is 0.374 e. The maximum absolute atomic E-state index is 13.0. The van der Waals surface area contributed by atoms with Crippen molar-refractivity contribution in [2.45, 2.75) is 33.2 Å². The Labute approximate surface area is 186 Å². The highest BCUT2D eigenvalue weighted by Crippen LogP contribution is 2.24. The van der Waals surface area contributed by atoms with Gasteiger partial charge in [-0.25, -0.2) is 0 Å². The van der Waals surface area contributed by atoms with Crippen molar-refractivity contribution < 1.29 is 19.1 Å². The summed E-state index contributed by atoms with van der Waals surface area (Å²) in [6, 6.07) is 7.12. The van der Waals surface area contributed by atoms with Crippen LogP contribution in [0.4, 0.5) is 5.69 Å². The van der Waals surface area contributed by atoms with Crippen molar-refractivity contribution in [1.29, 1.82) is 5.26 Å². The van der Waals surface area contributed by atoms with Crippen LogP contribution in [0.15, 0.2) is 18.2 Å². The molecule has 1 saturated heterocycles. The smallest absolute Gasteiger partial charge is 0.293 e. The molecule has 2 N–H and O–H groups in total. The molecule has 0 spiro atoms. The summed E-state index contributed by atoms with van der Waals surface area (Å²) < 4.78 is 6.74. The van der Waals surface area contributed by atoms with Gasteiger partial charge in [-0.3, -0.25) is 14.4 Å². The molecular formula is C24H24N4O4. The molecule has 1 aromatic carbocycles. The summed E-state index contributed by atoms with van der Waals surface area (Å²) in [5.74, 6) is 3.66. The van der Waals surface area contributed by atoms with Gasteiger partial charge >= 0.3 is 0 Å². The number of nitriles is 1. The molecule has 0 unspecified atom stereocenters. The molecule has 2 amide bonds. The van der Waals surface area contributed by atoms with Gasteiger partial charge in [-0.15, -0.1) is 5.92 Å².